The number of carbonyl (C=O) groups is 2. The van der Waals surface area contributed by atoms with Gasteiger partial charge in [0, 0.05) is 6.04 Å². The van der Waals surface area contributed by atoms with E-state index >= 15 is 0 Å². The van der Waals surface area contributed by atoms with Gasteiger partial charge < -0.3 is 10.1 Å². The number of nitriles is 1. The number of para-hydroxylation sites is 1. The van der Waals surface area contributed by atoms with Gasteiger partial charge in [0.15, 0.2) is 5.57 Å². The van der Waals surface area contributed by atoms with E-state index in [2.05, 4.69) is 5.32 Å². The highest BCUT2D eigenvalue weighted by molar-refractivity contribution is 7.07. The molecule has 4 rings (SSSR count). The number of carbonyl (C=O) groups excluding carboxylic acids is 2. The Bertz CT molecular complexity index is 1390. The van der Waals surface area contributed by atoms with Gasteiger partial charge in [0.2, 0.25) is 0 Å². The summed E-state index contributed by atoms with van der Waals surface area (Å²) in [5.41, 5.74) is 1.24. The summed E-state index contributed by atoms with van der Waals surface area (Å²) in [5, 5.41) is 12.6. The standard InChI is InChI=1S/C24H19N3O4S/c1-31-24(30)16-9-7-15(8-10-16)13-20-22(29)27(18-5-3-2-4-6-18)23(32-20)19(14-25)21(28)26-17-11-12-17/h2-10,13,17H,11-12H2,1H3,(H,26,28)/b20-13-,23-19-. The fourth-order valence-electron chi connectivity index (χ4n) is 3.13. The number of nitrogens with one attached hydrogen (secondary N) is 1. The fourth-order valence-corrected chi connectivity index (χ4v) is 4.23. The summed E-state index contributed by atoms with van der Waals surface area (Å²) in [6.07, 6.45) is 3.45. The summed E-state index contributed by atoms with van der Waals surface area (Å²) in [4.78, 5) is 37.6. The maximum absolute atomic E-state index is 13.3. The van der Waals surface area contributed by atoms with Crippen LogP contribution in [0.1, 0.15) is 28.8 Å². The van der Waals surface area contributed by atoms with E-state index in [4.69, 9.17) is 4.74 Å². The molecular formula is C24H19N3O4S. The smallest absolute Gasteiger partial charge is 0.337 e. The number of rotatable bonds is 5. The number of methoxy groups -OCH3 is 1. The molecule has 1 fully saturated rings. The van der Waals surface area contributed by atoms with E-state index in [1.165, 1.54) is 11.7 Å². The third kappa shape index (κ3) is 4.38. The SMILES string of the molecule is COC(=O)c1ccc(/C=c2\s/c(=C(/C#N)C(=O)NC3CC3)n(-c3ccccc3)c2=O)cc1. The average Bonchev–Trinajstić information content (AvgIpc) is 3.57. The van der Waals surface area contributed by atoms with Crippen LogP contribution >= 0.6 is 11.3 Å². The molecule has 0 spiro atoms. The van der Waals surface area contributed by atoms with Gasteiger partial charge in [-0.15, -0.1) is 11.3 Å². The lowest BCUT2D eigenvalue weighted by molar-refractivity contribution is -0.115. The number of esters is 1. The first-order chi connectivity index (χ1) is 15.5. The number of aromatic nitrogens is 1. The second kappa shape index (κ2) is 9.04. The molecule has 3 aromatic rings. The molecule has 1 heterocycles. The van der Waals surface area contributed by atoms with Gasteiger partial charge in [-0.1, -0.05) is 30.3 Å². The molecule has 1 aromatic heterocycles. The molecule has 1 aliphatic rings. The first-order valence-corrected chi connectivity index (χ1v) is 10.8. The number of nitrogens with zero attached hydrogens (tertiary/aromatic N) is 2. The number of benzene rings is 2. The first kappa shape index (κ1) is 21.3. The van der Waals surface area contributed by atoms with E-state index in [0.717, 1.165) is 24.2 Å². The van der Waals surface area contributed by atoms with Crippen LogP contribution in [0.15, 0.2) is 59.4 Å². The van der Waals surface area contributed by atoms with Gasteiger partial charge in [0.25, 0.3) is 11.5 Å². The first-order valence-electron chi connectivity index (χ1n) is 9.94. The highest BCUT2D eigenvalue weighted by atomic mass is 32.1. The molecule has 2 aromatic carbocycles. The summed E-state index contributed by atoms with van der Waals surface area (Å²) in [7, 11) is 1.31. The lowest BCUT2D eigenvalue weighted by Crippen LogP contribution is -2.34. The molecule has 0 bridgehead atoms. The van der Waals surface area contributed by atoms with Crippen molar-refractivity contribution in [2.24, 2.45) is 0 Å². The number of ether oxygens (including phenoxy) is 1. The van der Waals surface area contributed by atoms with Crippen LogP contribution < -0.4 is 20.1 Å². The molecule has 8 heteroatoms. The van der Waals surface area contributed by atoms with Crippen molar-refractivity contribution in [2.75, 3.05) is 7.11 Å². The lowest BCUT2D eigenvalue weighted by Gasteiger charge is -2.04. The maximum Gasteiger partial charge on any atom is 0.337 e. The summed E-state index contributed by atoms with van der Waals surface area (Å²) in [5.74, 6) is -0.925. The molecule has 1 aliphatic carbocycles. The number of hydrogen-bond acceptors (Lipinski definition) is 6. The van der Waals surface area contributed by atoms with Crippen LogP contribution in [0, 0.1) is 11.3 Å². The Morgan fingerprint density at radius 3 is 2.44 bits per heavy atom. The van der Waals surface area contributed by atoms with Gasteiger partial charge in [-0.25, -0.2) is 4.79 Å². The minimum atomic E-state index is -0.477. The predicted octanol–water partition coefficient (Wildman–Crippen LogP) is 1.47. The molecule has 32 heavy (non-hydrogen) atoms. The van der Waals surface area contributed by atoms with Gasteiger partial charge in [-0.3, -0.25) is 14.2 Å². The summed E-state index contributed by atoms with van der Waals surface area (Å²) >= 11 is 1.08. The van der Waals surface area contributed by atoms with Crippen molar-refractivity contribution in [3.05, 3.63) is 85.3 Å². The second-order valence-corrected chi connectivity index (χ2v) is 8.27. The van der Waals surface area contributed by atoms with Crippen LogP contribution in [-0.2, 0) is 9.53 Å². The largest absolute Gasteiger partial charge is 0.465 e. The van der Waals surface area contributed by atoms with E-state index in [1.807, 2.05) is 12.1 Å². The Kier molecular flexibility index (Phi) is 6.01. The second-order valence-electron chi connectivity index (χ2n) is 7.24. The van der Waals surface area contributed by atoms with Crippen LogP contribution in [0.4, 0.5) is 0 Å². The number of amides is 1. The normalized spacial score (nSPS) is 14.4. The molecule has 0 radical (unpaired) electrons. The van der Waals surface area contributed by atoms with Gasteiger partial charge in [0.1, 0.15) is 10.7 Å². The van der Waals surface area contributed by atoms with Gasteiger partial charge >= 0.3 is 5.97 Å². The lowest BCUT2D eigenvalue weighted by atomic mass is 10.1. The zero-order valence-electron chi connectivity index (χ0n) is 17.2. The van der Waals surface area contributed by atoms with E-state index in [1.54, 1.807) is 54.6 Å². The number of hydrogen-bond donors (Lipinski definition) is 1. The van der Waals surface area contributed by atoms with Crippen molar-refractivity contribution in [3.8, 4) is 11.8 Å². The van der Waals surface area contributed by atoms with E-state index in [-0.39, 0.29) is 21.8 Å². The van der Waals surface area contributed by atoms with Crippen molar-refractivity contribution < 1.29 is 14.3 Å². The van der Waals surface area contributed by atoms with Gasteiger partial charge in [-0.2, -0.15) is 5.26 Å². The summed E-state index contributed by atoms with van der Waals surface area (Å²) in [6, 6.07) is 17.6. The Hall–Kier alpha value is -3.96. The van der Waals surface area contributed by atoms with Crippen LogP contribution in [0.3, 0.4) is 0 Å². The van der Waals surface area contributed by atoms with Crippen molar-refractivity contribution >= 4 is 34.9 Å². The summed E-state index contributed by atoms with van der Waals surface area (Å²) in [6.45, 7) is 0. The van der Waals surface area contributed by atoms with Crippen LogP contribution in [0.25, 0.3) is 17.3 Å². The fraction of sp³-hybridized carbons (Fsp3) is 0.167. The van der Waals surface area contributed by atoms with E-state index in [0.29, 0.717) is 21.3 Å². The van der Waals surface area contributed by atoms with Crippen molar-refractivity contribution in [2.45, 2.75) is 18.9 Å². The Morgan fingerprint density at radius 2 is 1.84 bits per heavy atom. The zero-order valence-corrected chi connectivity index (χ0v) is 18.0. The molecule has 7 nitrogen and oxygen atoms in total. The quantitative estimate of drug-likeness (QED) is 0.600. The molecule has 0 aliphatic heterocycles. The van der Waals surface area contributed by atoms with E-state index in [9.17, 15) is 19.6 Å². The number of thiazole rings is 1. The molecule has 1 amide bonds. The maximum atomic E-state index is 13.3. The molecule has 0 unspecified atom stereocenters. The monoisotopic (exact) mass is 445 g/mol. The van der Waals surface area contributed by atoms with Crippen LogP contribution in [0.2, 0.25) is 0 Å². The van der Waals surface area contributed by atoms with Gasteiger partial charge in [-0.05, 0) is 48.7 Å². The summed E-state index contributed by atoms with van der Waals surface area (Å²) < 4.78 is 6.74. The Balaban J connectivity index is 1.90. The third-order valence-corrected chi connectivity index (χ3v) is 6.03. The molecular weight excluding hydrogens is 426 g/mol. The zero-order chi connectivity index (χ0) is 22.7. The molecule has 0 saturated heterocycles. The topological polar surface area (TPSA) is 101 Å². The van der Waals surface area contributed by atoms with Crippen molar-refractivity contribution in [3.63, 3.8) is 0 Å². The Labute approximate surface area is 187 Å². The average molecular weight is 446 g/mol. The molecule has 1 N–H and O–H groups in total. The Morgan fingerprint density at radius 1 is 1.16 bits per heavy atom. The third-order valence-electron chi connectivity index (χ3n) is 4.93. The predicted molar refractivity (Wildman–Crippen MR) is 121 cm³/mol. The van der Waals surface area contributed by atoms with Gasteiger partial charge in [0.05, 0.1) is 22.9 Å². The van der Waals surface area contributed by atoms with Crippen LogP contribution in [-0.4, -0.2) is 29.6 Å². The van der Waals surface area contributed by atoms with Crippen LogP contribution in [0.5, 0.6) is 0 Å². The van der Waals surface area contributed by atoms with Crippen molar-refractivity contribution in [1.29, 1.82) is 5.26 Å². The minimum absolute atomic E-state index is 0.0852. The molecule has 1 saturated carbocycles. The highest BCUT2D eigenvalue weighted by Crippen LogP contribution is 2.19. The molecule has 0 atom stereocenters. The highest BCUT2D eigenvalue weighted by Gasteiger charge is 2.26. The molecule has 160 valence electrons. The van der Waals surface area contributed by atoms with E-state index < -0.39 is 11.9 Å². The minimum Gasteiger partial charge on any atom is -0.465 e. The van der Waals surface area contributed by atoms with Crippen molar-refractivity contribution in [1.82, 2.24) is 9.88 Å².